The summed E-state index contributed by atoms with van der Waals surface area (Å²) in [4.78, 5) is 20.8. The van der Waals surface area contributed by atoms with Crippen LogP contribution in [-0.4, -0.2) is 9.85 Å². The van der Waals surface area contributed by atoms with Crippen molar-refractivity contribution in [3.05, 3.63) is 79.8 Å². The molecule has 0 aliphatic heterocycles. The molecule has 0 aromatic heterocycles. The van der Waals surface area contributed by atoms with E-state index in [-0.39, 0.29) is 16.9 Å². The summed E-state index contributed by atoms with van der Waals surface area (Å²) in [5, 5.41) is 24.2. The number of benzene rings is 3. The molecule has 0 bridgehead atoms. The molecule has 3 aromatic rings. The SMILES string of the molecule is O=[N+]([O-])c1ccc(-c2ccc3ccccc3c2Cl)c([N+](=O)[O-])c1. The fraction of sp³-hybridized carbons (Fsp3) is 0. The standard InChI is InChI=1S/C16H9ClN2O4/c17-16-12-4-2-1-3-10(12)5-7-14(16)13-8-6-11(18(20)21)9-15(13)19(22)23/h1-9H. The van der Waals surface area contributed by atoms with Crippen molar-refractivity contribution in [1.29, 1.82) is 0 Å². The van der Waals surface area contributed by atoms with Crippen molar-refractivity contribution in [2.75, 3.05) is 0 Å². The van der Waals surface area contributed by atoms with E-state index in [9.17, 15) is 20.2 Å². The van der Waals surface area contributed by atoms with E-state index >= 15 is 0 Å². The van der Waals surface area contributed by atoms with E-state index in [1.54, 1.807) is 6.07 Å². The number of hydrogen-bond donors (Lipinski definition) is 0. The third kappa shape index (κ3) is 2.60. The van der Waals surface area contributed by atoms with E-state index < -0.39 is 9.85 Å². The third-order valence-corrected chi connectivity index (χ3v) is 3.95. The summed E-state index contributed by atoms with van der Waals surface area (Å²) in [5.74, 6) is 0. The summed E-state index contributed by atoms with van der Waals surface area (Å²) >= 11 is 6.40. The molecule has 0 aliphatic rings. The van der Waals surface area contributed by atoms with Crippen LogP contribution in [0.3, 0.4) is 0 Å². The number of nitro benzene ring substituents is 2. The molecule has 3 aromatic carbocycles. The second-order valence-corrected chi connectivity index (χ2v) is 5.24. The van der Waals surface area contributed by atoms with Gasteiger partial charge in [0.15, 0.2) is 0 Å². The van der Waals surface area contributed by atoms with Gasteiger partial charge in [-0.15, -0.1) is 0 Å². The first-order chi connectivity index (χ1) is 11.0. The van der Waals surface area contributed by atoms with Crippen LogP contribution in [0.4, 0.5) is 11.4 Å². The highest BCUT2D eigenvalue weighted by atomic mass is 35.5. The molecule has 0 atom stereocenters. The first kappa shape index (κ1) is 14.9. The van der Waals surface area contributed by atoms with Crippen LogP contribution in [0.2, 0.25) is 5.02 Å². The zero-order valence-corrected chi connectivity index (χ0v) is 12.4. The van der Waals surface area contributed by atoms with Gasteiger partial charge in [-0.1, -0.05) is 48.0 Å². The van der Waals surface area contributed by atoms with E-state index in [0.29, 0.717) is 10.6 Å². The molecular formula is C16H9ClN2O4. The lowest BCUT2D eigenvalue weighted by molar-refractivity contribution is -0.393. The van der Waals surface area contributed by atoms with Gasteiger partial charge in [0.2, 0.25) is 0 Å². The zero-order valence-electron chi connectivity index (χ0n) is 11.6. The number of nitro groups is 2. The highest BCUT2D eigenvalue weighted by Crippen LogP contribution is 2.39. The third-order valence-electron chi connectivity index (χ3n) is 3.54. The summed E-state index contributed by atoms with van der Waals surface area (Å²) in [6.45, 7) is 0. The van der Waals surface area contributed by atoms with Crippen LogP contribution in [0.15, 0.2) is 54.6 Å². The molecule has 0 unspecified atom stereocenters. The van der Waals surface area contributed by atoms with Gasteiger partial charge in [0.25, 0.3) is 11.4 Å². The van der Waals surface area contributed by atoms with E-state index in [0.717, 1.165) is 16.8 Å². The van der Waals surface area contributed by atoms with Crippen LogP contribution >= 0.6 is 11.6 Å². The Morgan fingerprint density at radius 3 is 2.22 bits per heavy atom. The van der Waals surface area contributed by atoms with E-state index in [1.165, 1.54) is 12.1 Å². The molecule has 0 saturated heterocycles. The van der Waals surface area contributed by atoms with E-state index in [1.807, 2.05) is 30.3 Å². The Morgan fingerprint density at radius 2 is 1.52 bits per heavy atom. The minimum atomic E-state index is -0.668. The number of nitrogens with zero attached hydrogens (tertiary/aromatic N) is 2. The van der Waals surface area contributed by atoms with Crippen molar-refractivity contribution >= 4 is 33.7 Å². The topological polar surface area (TPSA) is 86.3 Å². The second kappa shape index (κ2) is 5.66. The lowest BCUT2D eigenvalue weighted by Gasteiger charge is -2.08. The average Bonchev–Trinajstić information content (AvgIpc) is 2.55. The highest BCUT2D eigenvalue weighted by molar-refractivity contribution is 6.38. The van der Waals surface area contributed by atoms with Crippen LogP contribution in [0.5, 0.6) is 0 Å². The molecule has 0 N–H and O–H groups in total. The first-order valence-corrected chi connectivity index (χ1v) is 6.97. The van der Waals surface area contributed by atoms with Crippen molar-refractivity contribution in [2.24, 2.45) is 0 Å². The summed E-state index contributed by atoms with van der Waals surface area (Å²) in [7, 11) is 0. The second-order valence-electron chi connectivity index (χ2n) is 4.86. The van der Waals surface area contributed by atoms with Crippen molar-refractivity contribution in [3.8, 4) is 11.1 Å². The van der Waals surface area contributed by atoms with Gasteiger partial charge in [0, 0.05) is 17.0 Å². The average molecular weight is 329 g/mol. The van der Waals surface area contributed by atoms with Crippen molar-refractivity contribution in [1.82, 2.24) is 0 Å². The number of hydrogen-bond acceptors (Lipinski definition) is 4. The smallest absolute Gasteiger partial charge is 0.258 e. The Morgan fingerprint density at radius 1 is 0.826 bits per heavy atom. The normalized spacial score (nSPS) is 10.7. The Labute approximate surface area is 135 Å². The molecule has 114 valence electrons. The van der Waals surface area contributed by atoms with Crippen LogP contribution in [0.1, 0.15) is 0 Å². The Hall–Kier alpha value is -2.99. The molecule has 7 heteroatoms. The Bertz CT molecular complexity index is 956. The molecule has 3 rings (SSSR count). The van der Waals surface area contributed by atoms with Crippen molar-refractivity contribution in [2.45, 2.75) is 0 Å². The number of rotatable bonds is 3. The Balaban J connectivity index is 2.28. The van der Waals surface area contributed by atoms with Crippen LogP contribution in [-0.2, 0) is 0 Å². The molecule has 0 heterocycles. The zero-order chi connectivity index (χ0) is 16.6. The van der Waals surface area contributed by atoms with Gasteiger partial charge in [-0.25, -0.2) is 0 Å². The number of halogens is 1. The maximum absolute atomic E-state index is 11.3. The highest BCUT2D eigenvalue weighted by Gasteiger charge is 2.22. The molecular weight excluding hydrogens is 320 g/mol. The van der Waals surface area contributed by atoms with Gasteiger partial charge in [-0.2, -0.15) is 0 Å². The summed E-state index contributed by atoms with van der Waals surface area (Å²) in [6.07, 6.45) is 0. The van der Waals surface area contributed by atoms with Crippen LogP contribution in [0.25, 0.3) is 21.9 Å². The number of non-ortho nitro benzene ring substituents is 1. The molecule has 0 fully saturated rings. The molecule has 0 radical (unpaired) electrons. The monoisotopic (exact) mass is 328 g/mol. The molecule has 23 heavy (non-hydrogen) atoms. The van der Waals surface area contributed by atoms with Gasteiger partial charge in [0.05, 0.1) is 26.5 Å². The van der Waals surface area contributed by atoms with Gasteiger partial charge < -0.3 is 0 Å². The maximum atomic E-state index is 11.3. The summed E-state index contributed by atoms with van der Waals surface area (Å²) in [6, 6.07) is 14.4. The lowest BCUT2D eigenvalue weighted by atomic mass is 9.99. The minimum Gasteiger partial charge on any atom is -0.258 e. The van der Waals surface area contributed by atoms with Crippen molar-refractivity contribution < 1.29 is 9.85 Å². The van der Waals surface area contributed by atoms with E-state index in [4.69, 9.17) is 11.6 Å². The van der Waals surface area contributed by atoms with E-state index in [2.05, 4.69) is 0 Å². The fourth-order valence-corrected chi connectivity index (χ4v) is 2.79. The van der Waals surface area contributed by atoms with Gasteiger partial charge in [-0.05, 0) is 11.5 Å². The largest absolute Gasteiger partial charge is 0.284 e. The van der Waals surface area contributed by atoms with Crippen LogP contribution < -0.4 is 0 Å². The first-order valence-electron chi connectivity index (χ1n) is 6.59. The van der Waals surface area contributed by atoms with Gasteiger partial charge >= 0.3 is 0 Å². The van der Waals surface area contributed by atoms with Crippen LogP contribution in [0, 0.1) is 20.2 Å². The predicted molar refractivity (Wildman–Crippen MR) is 87.7 cm³/mol. The molecule has 6 nitrogen and oxygen atoms in total. The molecule has 0 amide bonds. The minimum absolute atomic E-state index is 0.247. The quantitative estimate of drug-likeness (QED) is 0.501. The fourth-order valence-electron chi connectivity index (χ4n) is 2.45. The van der Waals surface area contributed by atoms with Gasteiger partial charge in [0.1, 0.15) is 0 Å². The maximum Gasteiger partial charge on any atom is 0.284 e. The molecule has 0 saturated carbocycles. The van der Waals surface area contributed by atoms with Crippen molar-refractivity contribution in [3.63, 3.8) is 0 Å². The molecule has 0 spiro atoms. The number of fused-ring (bicyclic) bond motifs is 1. The van der Waals surface area contributed by atoms with Gasteiger partial charge in [-0.3, -0.25) is 20.2 Å². The summed E-state index contributed by atoms with van der Waals surface area (Å²) in [5.41, 5.74) is 0.0251. The Kier molecular flexibility index (Phi) is 3.67. The predicted octanol–water partition coefficient (Wildman–Crippen LogP) is 4.98. The summed E-state index contributed by atoms with van der Waals surface area (Å²) < 4.78 is 0. The lowest BCUT2D eigenvalue weighted by Crippen LogP contribution is -1.95. The molecule has 0 aliphatic carbocycles.